The Morgan fingerprint density at radius 2 is 1.89 bits per heavy atom. The topological polar surface area (TPSA) is 34.1 Å². The minimum Gasteiger partial charge on any atom is -0.224 e. The molecule has 0 saturated carbocycles. The highest BCUT2D eigenvalue weighted by atomic mass is 35.5. The predicted octanol–water partition coefficient (Wildman–Crippen LogP) is 3.43. The van der Waals surface area contributed by atoms with E-state index in [1.165, 1.54) is 0 Å². The molecule has 0 amide bonds. The van der Waals surface area contributed by atoms with Crippen LogP contribution in [0, 0.1) is 5.41 Å². The van der Waals surface area contributed by atoms with E-state index in [4.69, 9.17) is 23.2 Å². The molecule has 0 radical (unpaired) electrons. The molecule has 0 aromatic heterocycles. The molecule has 1 heterocycles. The molecule has 1 aliphatic heterocycles. The fourth-order valence-electron chi connectivity index (χ4n) is 2.61. The maximum atomic E-state index is 12.2. The molecule has 0 saturated heterocycles. The van der Waals surface area contributed by atoms with Crippen molar-refractivity contribution in [3.63, 3.8) is 0 Å². The molecular weight excluding hydrogens is 291 g/mol. The van der Waals surface area contributed by atoms with Crippen molar-refractivity contribution in [1.82, 2.24) is 0 Å². The molecule has 2 nitrogen and oxygen atoms in total. The van der Waals surface area contributed by atoms with Gasteiger partial charge in [-0.15, -0.1) is 23.2 Å². The third-order valence-corrected chi connectivity index (χ3v) is 6.87. The van der Waals surface area contributed by atoms with Gasteiger partial charge in [0.05, 0.1) is 10.6 Å². The molecule has 1 aromatic carbocycles. The zero-order valence-corrected chi connectivity index (χ0v) is 12.5. The Hall–Kier alpha value is -0.250. The first-order chi connectivity index (χ1) is 8.50. The molecule has 0 aliphatic carbocycles. The van der Waals surface area contributed by atoms with Gasteiger partial charge in [-0.25, -0.2) is 8.42 Å². The first-order valence-corrected chi connectivity index (χ1v) is 8.66. The van der Waals surface area contributed by atoms with Gasteiger partial charge in [-0.3, -0.25) is 0 Å². The molecule has 0 bridgehead atoms. The Morgan fingerprint density at radius 1 is 1.28 bits per heavy atom. The second-order valence-corrected chi connectivity index (χ2v) is 7.39. The lowest BCUT2D eigenvalue weighted by atomic mass is 9.74. The quantitative estimate of drug-likeness (QED) is 0.799. The standard InChI is InChI=1S/C13H16Cl2O2S/c1-2-13(8-14,9-15)11-7-18(16,17)12-6-4-3-5-10(11)12/h3-6,11H,2,7-9H2,1H3. The molecule has 18 heavy (non-hydrogen) atoms. The molecule has 0 spiro atoms. The van der Waals surface area contributed by atoms with Crippen molar-refractivity contribution < 1.29 is 8.42 Å². The maximum absolute atomic E-state index is 12.2. The number of halogens is 2. The zero-order valence-electron chi connectivity index (χ0n) is 10.2. The second-order valence-electron chi connectivity index (χ2n) is 4.86. The van der Waals surface area contributed by atoms with E-state index in [1.807, 2.05) is 19.1 Å². The summed E-state index contributed by atoms with van der Waals surface area (Å²) in [5, 5.41) is 0. The molecule has 5 heteroatoms. The second kappa shape index (κ2) is 5.03. The van der Waals surface area contributed by atoms with Gasteiger partial charge in [0.2, 0.25) is 0 Å². The van der Waals surface area contributed by atoms with E-state index in [0.717, 1.165) is 12.0 Å². The SMILES string of the molecule is CCC(CCl)(CCl)C1CS(=O)(=O)c2ccccc21. The van der Waals surface area contributed by atoms with Gasteiger partial charge in [0.1, 0.15) is 0 Å². The van der Waals surface area contributed by atoms with Gasteiger partial charge >= 0.3 is 0 Å². The Balaban J connectivity index is 2.57. The van der Waals surface area contributed by atoms with Crippen LogP contribution in [-0.2, 0) is 9.84 Å². The summed E-state index contributed by atoms with van der Waals surface area (Å²) in [6, 6.07) is 7.19. The van der Waals surface area contributed by atoms with Gasteiger partial charge in [0.25, 0.3) is 0 Å². The van der Waals surface area contributed by atoms with Gasteiger partial charge in [-0.2, -0.15) is 0 Å². The van der Waals surface area contributed by atoms with E-state index in [9.17, 15) is 8.42 Å². The van der Waals surface area contributed by atoms with E-state index in [0.29, 0.717) is 16.7 Å². The van der Waals surface area contributed by atoms with Crippen LogP contribution in [0.25, 0.3) is 0 Å². The molecular formula is C13H16Cl2O2S. The van der Waals surface area contributed by atoms with Crippen LogP contribution in [0.15, 0.2) is 29.2 Å². The van der Waals surface area contributed by atoms with Gasteiger partial charge < -0.3 is 0 Å². The Morgan fingerprint density at radius 3 is 2.44 bits per heavy atom. The number of benzene rings is 1. The van der Waals surface area contributed by atoms with Crippen molar-refractivity contribution in [1.29, 1.82) is 0 Å². The third kappa shape index (κ3) is 2.06. The van der Waals surface area contributed by atoms with E-state index < -0.39 is 9.84 Å². The summed E-state index contributed by atoms with van der Waals surface area (Å²) in [5.41, 5.74) is 0.531. The lowest BCUT2D eigenvalue weighted by molar-refractivity contribution is 0.304. The molecule has 100 valence electrons. The van der Waals surface area contributed by atoms with Gasteiger partial charge in [-0.05, 0) is 18.1 Å². The number of hydrogen-bond acceptors (Lipinski definition) is 2. The number of rotatable bonds is 4. The van der Waals surface area contributed by atoms with Crippen LogP contribution in [0.4, 0.5) is 0 Å². The van der Waals surface area contributed by atoms with Crippen LogP contribution in [0.1, 0.15) is 24.8 Å². The lowest BCUT2D eigenvalue weighted by Crippen LogP contribution is -2.33. The Kier molecular flexibility index (Phi) is 3.96. The molecule has 0 N–H and O–H groups in total. The third-order valence-electron chi connectivity index (χ3n) is 3.99. The van der Waals surface area contributed by atoms with E-state index in [2.05, 4.69) is 0 Å². The fraction of sp³-hybridized carbons (Fsp3) is 0.538. The van der Waals surface area contributed by atoms with Crippen molar-refractivity contribution in [2.75, 3.05) is 17.5 Å². The monoisotopic (exact) mass is 306 g/mol. The van der Waals surface area contributed by atoms with Crippen LogP contribution in [0.5, 0.6) is 0 Å². The van der Waals surface area contributed by atoms with Crippen molar-refractivity contribution >= 4 is 33.0 Å². The lowest BCUT2D eigenvalue weighted by Gasteiger charge is -2.34. The van der Waals surface area contributed by atoms with Crippen LogP contribution in [-0.4, -0.2) is 25.9 Å². The Labute approximate surface area is 118 Å². The first-order valence-electron chi connectivity index (χ1n) is 5.94. The fourth-order valence-corrected chi connectivity index (χ4v) is 5.66. The minimum absolute atomic E-state index is 0.0984. The van der Waals surface area contributed by atoms with Crippen molar-refractivity contribution in [3.05, 3.63) is 29.8 Å². The molecule has 1 unspecified atom stereocenters. The van der Waals surface area contributed by atoms with Crippen LogP contribution < -0.4 is 0 Å². The Bertz CT molecular complexity index is 527. The summed E-state index contributed by atoms with van der Waals surface area (Å²) in [6.07, 6.45) is 0.772. The number of sulfone groups is 1. The summed E-state index contributed by atoms with van der Waals surface area (Å²) in [6.45, 7) is 2.01. The number of alkyl halides is 2. The van der Waals surface area contributed by atoms with Gasteiger partial charge in [0.15, 0.2) is 9.84 Å². The highest BCUT2D eigenvalue weighted by molar-refractivity contribution is 7.91. The first kappa shape index (κ1) is 14.2. The van der Waals surface area contributed by atoms with E-state index in [-0.39, 0.29) is 17.1 Å². The van der Waals surface area contributed by atoms with Crippen molar-refractivity contribution in [3.8, 4) is 0 Å². The van der Waals surface area contributed by atoms with Crippen LogP contribution in [0.3, 0.4) is 0 Å². The molecule has 1 aromatic rings. The number of fused-ring (bicyclic) bond motifs is 1. The largest absolute Gasteiger partial charge is 0.224 e. The van der Waals surface area contributed by atoms with Crippen molar-refractivity contribution in [2.45, 2.75) is 24.2 Å². The summed E-state index contributed by atoms with van der Waals surface area (Å²) < 4.78 is 24.3. The summed E-state index contributed by atoms with van der Waals surface area (Å²) in [7, 11) is -3.19. The molecule has 0 fully saturated rings. The van der Waals surface area contributed by atoms with E-state index in [1.54, 1.807) is 12.1 Å². The summed E-state index contributed by atoms with van der Waals surface area (Å²) in [5.74, 6) is 0.779. The van der Waals surface area contributed by atoms with Gasteiger partial charge in [-0.1, -0.05) is 25.1 Å². The average molecular weight is 307 g/mol. The number of hydrogen-bond donors (Lipinski definition) is 0. The maximum Gasteiger partial charge on any atom is 0.179 e. The molecule has 2 rings (SSSR count). The zero-order chi connectivity index (χ0) is 13.4. The average Bonchev–Trinajstić information content (AvgIpc) is 2.66. The van der Waals surface area contributed by atoms with Crippen LogP contribution in [0.2, 0.25) is 0 Å². The minimum atomic E-state index is -3.19. The predicted molar refractivity (Wildman–Crippen MR) is 75.4 cm³/mol. The summed E-state index contributed by atoms with van der Waals surface area (Å²) in [4.78, 5) is 0.447. The van der Waals surface area contributed by atoms with Crippen LogP contribution >= 0.6 is 23.2 Å². The van der Waals surface area contributed by atoms with Crippen molar-refractivity contribution in [2.24, 2.45) is 5.41 Å². The molecule has 1 aliphatic rings. The van der Waals surface area contributed by atoms with E-state index >= 15 is 0 Å². The summed E-state index contributed by atoms with van der Waals surface area (Å²) >= 11 is 12.2. The highest BCUT2D eigenvalue weighted by Crippen LogP contribution is 2.48. The highest BCUT2D eigenvalue weighted by Gasteiger charge is 2.46. The van der Waals surface area contributed by atoms with Gasteiger partial charge in [0, 0.05) is 23.1 Å². The smallest absolute Gasteiger partial charge is 0.179 e. The molecule has 1 atom stereocenters. The normalized spacial score (nSPS) is 21.8.